The number of aliphatic hydroxyl groups excluding tert-OH is 2. The Labute approximate surface area is 291 Å². The van der Waals surface area contributed by atoms with Gasteiger partial charge in [0.15, 0.2) is 0 Å². The number of hydrogen-bond acceptors (Lipinski definition) is 15. The third kappa shape index (κ3) is 8.55. The second-order valence-electron chi connectivity index (χ2n) is 12.3. The van der Waals surface area contributed by atoms with Gasteiger partial charge in [0.25, 0.3) is 0 Å². The maximum Gasteiger partial charge on any atom is 0.703 e. The number of aliphatic hydroxyl groups is 2. The summed E-state index contributed by atoms with van der Waals surface area (Å²) in [4.78, 5) is 22.3. The number of para-hydroxylation sites is 2. The van der Waals surface area contributed by atoms with E-state index in [2.05, 4.69) is 29.7 Å². The van der Waals surface area contributed by atoms with Crippen molar-refractivity contribution in [3.8, 4) is 11.5 Å². The molecule has 2 atom stereocenters. The number of rotatable bonds is 16. The van der Waals surface area contributed by atoms with E-state index in [9.17, 15) is 14.8 Å². The number of aromatic nitrogens is 4. The molecule has 2 N–H and O–H groups in total. The molecule has 0 spiro atoms. The van der Waals surface area contributed by atoms with E-state index >= 15 is 0 Å². The third-order valence-electron chi connectivity index (χ3n) is 9.22. The Kier molecular flexibility index (Phi) is 12.5. The van der Waals surface area contributed by atoms with Gasteiger partial charge in [-0.2, -0.15) is 0 Å². The fraction of sp³-hybridized carbons (Fsp3) is 0.529. The Balaban J connectivity index is 0.912. The minimum absolute atomic E-state index is 0.209. The standard InChI is InChI=1S/C34H44N6O9P/c1-44-27-7-3-5-25-31(27)35-21-37-33(25)39-13-9-23(10-14-39)19-46-29(17-41)48-50(43)49-30(18-42)47-20-24-11-15-40(16-12-24)34-26-6-4-8-28(45-2)32(26)36-22-38-34/h3-8,21-24,29-30,41-42H,9-20H2,1-2H3/q+1. The zero-order chi connectivity index (χ0) is 34.9. The van der Waals surface area contributed by atoms with E-state index in [1.54, 1.807) is 26.9 Å². The Bertz CT molecular complexity index is 1600. The first kappa shape index (κ1) is 36.0. The number of nitrogens with zero attached hydrogens (tertiary/aromatic N) is 6. The summed E-state index contributed by atoms with van der Waals surface area (Å²) >= 11 is 0. The maximum atomic E-state index is 12.7. The maximum absolute atomic E-state index is 12.7. The molecule has 2 aromatic carbocycles. The lowest BCUT2D eigenvalue weighted by Gasteiger charge is -2.33. The summed E-state index contributed by atoms with van der Waals surface area (Å²) in [6.07, 6.45) is 4.16. The largest absolute Gasteiger partial charge is 0.703 e. The fourth-order valence-corrected chi connectivity index (χ4v) is 7.18. The van der Waals surface area contributed by atoms with Gasteiger partial charge in [0, 0.05) is 41.5 Å². The summed E-state index contributed by atoms with van der Waals surface area (Å²) in [5.41, 5.74) is 1.55. The molecule has 2 unspecified atom stereocenters. The third-order valence-corrected chi connectivity index (χ3v) is 10.0. The highest BCUT2D eigenvalue weighted by atomic mass is 31.1. The molecule has 15 nitrogen and oxygen atoms in total. The van der Waals surface area contributed by atoms with Crippen molar-refractivity contribution in [1.29, 1.82) is 0 Å². The van der Waals surface area contributed by atoms with Gasteiger partial charge in [-0.25, -0.2) is 19.9 Å². The molecular formula is C34H44N6O9P+. The van der Waals surface area contributed by atoms with Gasteiger partial charge in [0.2, 0.25) is 12.6 Å². The summed E-state index contributed by atoms with van der Waals surface area (Å²) in [5.74, 6) is 3.55. The summed E-state index contributed by atoms with van der Waals surface area (Å²) in [7, 11) is 0.520. The van der Waals surface area contributed by atoms with Crippen LogP contribution in [-0.2, 0) is 23.1 Å². The Morgan fingerprint density at radius 1 is 0.700 bits per heavy atom. The van der Waals surface area contributed by atoms with Gasteiger partial charge in [0.05, 0.1) is 40.6 Å². The highest BCUT2D eigenvalue weighted by molar-refractivity contribution is 7.33. The van der Waals surface area contributed by atoms with Crippen LogP contribution in [0.25, 0.3) is 21.8 Å². The quantitative estimate of drug-likeness (QED) is 0.126. The van der Waals surface area contributed by atoms with Gasteiger partial charge in [-0.05, 0) is 61.8 Å². The molecule has 2 aliphatic rings. The first-order valence-corrected chi connectivity index (χ1v) is 17.9. The van der Waals surface area contributed by atoms with Crippen LogP contribution in [0.4, 0.5) is 11.6 Å². The molecule has 0 bridgehead atoms. The van der Waals surface area contributed by atoms with Crippen LogP contribution in [0.1, 0.15) is 25.7 Å². The SMILES string of the molecule is COc1cccc2c(N3CCC(COC(CO)O[P+](=O)OC(CO)OCC4CCN(c5ncnc6c(OC)cccc56)CC4)CC3)ncnc12. The predicted octanol–water partition coefficient (Wildman–Crippen LogP) is 4.08. The second-order valence-corrected chi connectivity index (χ2v) is 13.2. The van der Waals surface area contributed by atoms with Crippen molar-refractivity contribution >= 4 is 41.7 Å². The lowest BCUT2D eigenvalue weighted by Crippen LogP contribution is -2.37. The minimum atomic E-state index is -2.73. The van der Waals surface area contributed by atoms with E-state index in [-0.39, 0.29) is 11.8 Å². The number of methoxy groups -OCH3 is 2. The molecular weight excluding hydrogens is 667 g/mol. The van der Waals surface area contributed by atoms with Crippen LogP contribution in [0.5, 0.6) is 11.5 Å². The average molecular weight is 712 g/mol. The van der Waals surface area contributed by atoms with Crippen molar-refractivity contribution in [3.05, 3.63) is 49.1 Å². The van der Waals surface area contributed by atoms with Crippen molar-refractivity contribution in [2.45, 2.75) is 38.3 Å². The van der Waals surface area contributed by atoms with E-state index in [0.29, 0.717) is 24.7 Å². The molecule has 2 aromatic heterocycles. The average Bonchev–Trinajstić information content (AvgIpc) is 3.17. The van der Waals surface area contributed by atoms with E-state index in [1.165, 1.54) is 0 Å². The number of fused-ring (bicyclic) bond motifs is 2. The highest BCUT2D eigenvalue weighted by Crippen LogP contribution is 2.34. The molecule has 50 heavy (non-hydrogen) atoms. The molecule has 4 aromatic rings. The molecule has 0 radical (unpaired) electrons. The Hall–Kier alpha value is -3.82. The molecule has 0 saturated carbocycles. The van der Waals surface area contributed by atoms with Gasteiger partial charge in [-0.15, -0.1) is 0 Å². The molecule has 0 aliphatic carbocycles. The van der Waals surface area contributed by atoms with Crippen molar-refractivity contribution in [2.24, 2.45) is 11.8 Å². The number of ether oxygens (including phenoxy) is 4. The van der Waals surface area contributed by atoms with Crippen LogP contribution in [0.3, 0.4) is 0 Å². The van der Waals surface area contributed by atoms with Crippen LogP contribution >= 0.6 is 8.25 Å². The highest BCUT2D eigenvalue weighted by Gasteiger charge is 2.34. The number of anilines is 2. The van der Waals surface area contributed by atoms with E-state index in [1.807, 2.05) is 36.4 Å². The molecule has 2 saturated heterocycles. The van der Waals surface area contributed by atoms with Crippen molar-refractivity contribution < 1.29 is 42.8 Å². The zero-order valence-electron chi connectivity index (χ0n) is 28.3. The lowest BCUT2D eigenvalue weighted by atomic mass is 9.97. The fourth-order valence-electron chi connectivity index (χ4n) is 6.49. The number of hydrogen-bond donors (Lipinski definition) is 2. The van der Waals surface area contributed by atoms with Crippen LogP contribution in [0.15, 0.2) is 49.1 Å². The molecule has 2 aliphatic heterocycles. The van der Waals surface area contributed by atoms with E-state index < -0.39 is 34.0 Å². The molecule has 2 fully saturated rings. The normalized spacial score (nSPS) is 17.6. The van der Waals surface area contributed by atoms with Crippen molar-refractivity contribution in [2.75, 3.05) is 76.6 Å². The number of benzene rings is 2. The predicted molar refractivity (Wildman–Crippen MR) is 185 cm³/mol. The molecule has 268 valence electrons. The van der Waals surface area contributed by atoms with E-state index in [4.69, 9.17) is 28.0 Å². The van der Waals surface area contributed by atoms with Crippen LogP contribution < -0.4 is 19.3 Å². The number of piperidine rings is 2. The molecule has 4 heterocycles. The summed E-state index contributed by atoms with van der Waals surface area (Å²) < 4.78 is 45.8. The monoisotopic (exact) mass is 711 g/mol. The Morgan fingerprint density at radius 3 is 1.50 bits per heavy atom. The zero-order valence-corrected chi connectivity index (χ0v) is 29.2. The van der Waals surface area contributed by atoms with Crippen LogP contribution in [0, 0.1) is 11.8 Å². The van der Waals surface area contributed by atoms with Gasteiger partial charge in [-0.3, -0.25) is 0 Å². The second kappa shape index (κ2) is 17.4. The summed E-state index contributed by atoms with van der Waals surface area (Å²) in [5, 5.41) is 21.5. The summed E-state index contributed by atoms with van der Waals surface area (Å²) in [6.45, 7) is 2.68. The smallest absolute Gasteiger partial charge is 0.494 e. The molecule has 0 amide bonds. The first-order chi connectivity index (χ1) is 24.5. The first-order valence-electron chi connectivity index (χ1n) is 16.8. The van der Waals surface area contributed by atoms with Gasteiger partial charge in [0.1, 0.15) is 46.8 Å². The van der Waals surface area contributed by atoms with Crippen LogP contribution in [-0.4, -0.2) is 110 Å². The topological polar surface area (TPSA) is 171 Å². The molecule has 6 rings (SSSR count). The lowest BCUT2D eigenvalue weighted by molar-refractivity contribution is -0.145. The van der Waals surface area contributed by atoms with Gasteiger partial charge in [-0.1, -0.05) is 21.2 Å². The van der Waals surface area contributed by atoms with Gasteiger partial charge >= 0.3 is 8.25 Å². The van der Waals surface area contributed by atoms with Crippen molar-refractivity contribution in [1.82, 2.24) is 19.9 Å². The van der Waals surface area contributed by atoms with Crippen molar-refractivity contribution in [3.63, 3.8) is 0 Å². The summed E-state index contributed by atoms with van der Waals surface area (Å²) in [6, 6.07) is 11.6. The van der Waals surface area contributed by atoms with Gasteiger partial charge < -0.3 is 39.0 Å². The molecule has 16 heteroatoms. The van der Waals surface area contributed by atoms with E-state index in [0.717, 1.165) is 85.3 Å². The Morgan fingerprint density at radius 2 is 1.12 bits per heavy atom. The minimum Gasteiger partial charge on any atom is -0.494 e. The van der Waals surface area contributed by atoms with Crippen LogP contribution in [0.2, 0.25) is 0 Å².